The van der Waals surface area contributed by atoms with Gasteiger partial charge in [-0.05, 0) is 87.1 Å². The topological polar surface area (TPSA) is 86.8 Å². The van der Waals surface area contributed by atoms with Gasteiger partial charge in [0.15, 0.2) is 0 Å². The molecule has 3 aliphatic rings. The zero-order valence-corrected chi connectivity index (χ0v) is 20.6. The number of sulfonamides is 1. The van der Waals surface area contributed by atoms with Gasteiger partial charge in [-0.25, -0.2) is 8.42 Å². The summed E-state index contributed by atoms with van der Waals surface area (Å²) in [5.41, 5.74) is 2.41. The van der Waals surface area contributed by atoms with E-state index in [9.17, 15) is 18.0 Å². The van der Waals surface area contributed by atoms with Crippen LogP contribution < -0.4 is 10.2 Å². The lowest BCUT2D eigenvalue weighted by Crippen LogP contribution is -2.41. The molecule has 2 aliphatic heterocycles. The van der Waals surface area contributed by atoms with Crippen LogP contribution in [-0.4, -0.2) is 43.7 Å². The maximum absolute atomic E-state index is 13.3. The van der Waals surface area contributed by atoms with Crippen LogP contribution in [0.25, 0.3) is 0 Å². The van der Waals surface area contributed by atoms with E-state index in [1.165, 1.54) is 4.31 Å². The van der Waals surface area contributed by atoms with E-state index in [1.807, 2.05) is 11.8 Å². The maximum Gasteiger partial charge on any atom is 0.243 e. The number of hydrogen-bond donors (Lipinski definition) is 1. The first kappa shape index (κ1) is 23.3. The molecule has 1 aliphatic carbocycles. The Balaban J connectivity index is 1.24. The highest BCUT2D eigenvalue weighted by Gasteiger charge is 2.40. The molecule has 2 aromatic rings. The van der Waals surface area contributed by atoms with Crippen molar-refractivity contribution < 1.29 is 18.0 Å². The number of nitrogens with one attached hydrogen (secondary N) is 1. The van der Waals surface area contributed by atoms with Crippen molar-refractivity contribution in [3.8, 4) is 0 Å². The Kier molecular flexibility index (Phi) is 6.16. The minimum atomic E-state index is -3.67. The number of fused-ring (bicyclic) bond motifs is 1. The molecular formula is C25H28ClN3O4S. The zero-order chi connectivity index (χ0) is 24.0. The van der Waals surface area contributed by atoms with Crippen LogP contribution in [-0.2, 0) is 26.0 Å². The van der Waals surface area contributed by atoms with Crippen molar-refractivity contribution in [3.05, 3.63) is 53.1 Å². The summed E-state index contributed by atoms with van der Waals surface area (Å²) in [4.78, 5) is 27.4. The van der Waals surface area contributed by atoms with Crippen LogP contribution in [0, 0.1) is 11.8 Å². The molecule has 7 nitrogen and oxygen atoms in total. The number of carbonyl (C=O) groups excluding carboxylic acids is 2. The molecule has 2 amide bonds. The molecule has 5 rings (SSSR count). The van der Waals surface area contributed by atoms with Gasteiger partial charge in [0.2, 0.25) is 21.8 Å². The van der Waals surface area contributed by atoms with Crippen LogP contribution in [0.3, 0.4) is 0 Å². The van der Waals surface area contributed by atoms with Crippen molar-refractivity contribution in [1.82, 2.24) is 4.31 Å². The van der Waals surface area contributed by atoms with Crippen LogP contribution in [0.5, 0.6) is 0 Å². The van der Waals surface area contributed by atoms with Gasteiger partial charge < -0.3 is 10.2 Å². The fraction of sp³-hybridized carbons (Fsp3) is 0.440. The largest absolute Gasteiger partial charge is 0.326 e. The molecule has 0 aromatic heterocycles. The van der Waals surface area contributed by atoms with Gasteiger partial charge in [-0.3, -0.25) is 9.59 Å². The number of amides is 2. The van der Waals surface area contributed by atoms with Crippen molar-refractivity contribution in [2.45, 2.75) is 50.0 Å². The summed E-state index contributed by atoms with van der Waals surface area (Å²) in [6.07, 6.45) is 3.47. The maximum atomic E-state index is 13.3. The average molecular weight is 502 g/mol. The lowest BCUT2D eigenvalue weighted by molar-refractivity contribution is -0.121. The van der Waals surface area contributed by atoms with E-state index in [-0.39, 0.29) is 34.6 Å². The summed E-state index contributed by atoms with van der Waals surface area (Å²) >= 11 is 5.89. The summed E-state index contributed by atoms with van der Waals surface area (Å²) < 4.78 is 28.1. The standard InChI is InChI=1S/C25H28ClN3O4S/c1-16-14-19-15-22(8-9-23(19)29(16)25(31)18-2-3-18)34(32,33)28-12-10-17(11-13-28)24(30)27-21-6-4-20(26)5-7-21/h4-9,15-18H,2-3,10-14H2,1H3,(H,27,30). The molecule has 180 valence electrons. The van der Waals surface area contributed by atoms with Gasteiger partial charge in [0, 0.05) is 47.4 Å². The SMILES string of the molecule is CC1Cc2cc(S(=O)(=O)N3CCC(C(=O)Nc4ccc(Cl)cc4)CC3)ccc2N1C(=O)C1CC1. The molecule has 1 saturated carbocycles. The van der Waals surface area contributed by atoms with Crippen molar-refractivity contribution in [2.75, 3.05) is 23.3 Å². The van der Waals surface area contributed by atoms with Crippen molar-refractivity contribution in [2.24, 2.45) is 11.8 Å². The summed E-state index contributed by atoms with van der Waals surface area (Å²) in [5.74, 6) is -0.0768. The third-order valence-electron chi connectivity index (χ3n) is 7.00. The Hall–Kier alpha value is -2.42. The Morgan fingerprint density at radius 1 is 0.971 bits per heavy atom. The number of carbonyl (C=O) groups is 2. The second-order valence-electron chi connectivity index (χ2n) is 9.50. The number of piperidine rings is 1. The van der Waals surface area contributed by atoms with Crippen molar-refractivity contribution >= 4 is 44.8 Å². The van der Waals surface area contributed by atoms with E-state index >= 15 is 0 Å². The molecule has 1 saturated heterocycles. The second-order valence-corrected chi connectivity index (χ2v) is 11.9. The predicted octanol–water partition coefficient (Wildman–Crippen LogP) is 4.07. The second kappa shape index (κ2) is 8.98. The number of rotatable bonds is 5. The lowest BCUT2D eigenvalue weighted by Gasteiger charge is -2.30. The van der Waals surface area contributed by atoms with E-state index in [1.54, 1.807) is 42.5 Å². The summed E-state index contributed by atoms with van der Waals surface area (Å²) in [6.45, 7) is 2.59. The smallest absolute Gasteiger partial charge is 0.243 e. The summed E-state index contributed by atoms with van der Waals surface area (Å²) in [5, 5.41) is 3.48. The van der Waals surface area contributed by atoms with Gasteiger partial charge in [0.05, 0.1) is 4.90 Å². The number of anilines is 2. The number of nitrogens with zero attached hydrogens (tertiary/aromatic N) is 2. The summed E-state index contributed by atoms with van der Waals surface area (Å²) in [7, 11) is -3.67. The van der Waals surface area contributed by atoms with Crippen LogP contribution in [0.4, 0.5) is 11.4 Å². The van der Waals surface area contributed by atoms with E-state index < -0.39 is 10.0 Å². The first-order valence-electron chi connectivity index (χ1n) is 11.8. The molecule has 1 N–H and O–H groups in total. The lowest BCUT2D eigenvalue weighted by atomic mass is 9.97. The minimum absolute atomic E-state index is 0.0379. The fourth-order valence-electron chi connectivity index (χ4n) is 4.92. The van der Waals surface area contributed by atoms with E-state index in [0.29, 0.717) is 43.1 Å². The molecule has 0 bridgehead atoms. The van der Waals surface area contributed by atoms with E-state index in [0.717, 1.165) is 24.1 Å². The molecule has 0 spiro atoms. The number of halogens is 1. The van der Waals surface area contributed by atoms with Gasteiger partial charge in [-0.15, -0.1) is 0 Å². The summed E-state index contributed by atoms with van der Waals surface area (Å²) in [6, 6.07) is 12.1. The third-order valence-corrected chi connectivity index (χ3v) is 9.15. The van der Waals surface area contributed by atoms with Gasteiger partial charge in [-0.1, -0.05) is 11.6 Å². The average Bonchev–Trinajstić information content (AvgIpc) is 3.62. The molecular weight excluding hydrogens is 474 g/mol. The molecule has 9 heteroatoms. The van der Waals surface area contributed by atoms with Crippen LogP contribution >= 0.6 is 11.6 Å². The molecule has 2 heterocycles. The first-order chi connectivity index (χ1) is 16.2. The monoisotopic (exact) mass is 501 g/mol. The Bertz CT molecular complexity index is 1220. The van der Waals surface area contributed by atoms with Crippen LogP contribution in [0.1, 0.15) is 38.2 Å². The molecule has 1 unspecified atom stereocenters. The van der Waals surface area contributed by atoms with Crippen molar-refractivity contribution in [3.63, 3.8) is 0 Å². The number of benzene rings is 2. The Labute approximate surface area is 205 Å². The minimum Gasteiger partial charge on any atom is -0.326 e. The molecule has 0 radical (unpaired) electrons. The highest BCUT2D eigenvalue weighted by Crippen LogP contribution is 2.40. The fourth-order valence-corrected chi connectivity index (χ4v) is 6.56. The van der Waals surface area contributed by atoms with Gasteiger partial charge >= 0.3 is 0 Å². The predicted molar refractivity (Wildman–Crippen MR) is 131 cm³/mol. The Morgan fingerprint density at radius 3 is 2.29 bits per heavy atom. The highest BCUT2D eigenvalue weighted by atomic mass is 35.5. The van der Waals surface area contributed by atoms with E-state index in [2.05, 4.69) is 5.32 Å². The van der Waals surface area contributed by atoms with Gasteiger partial charge in [0.1, 0.15) is 0 Å². The third kappa shape index (κ3) is 4.46. The quantitative estimate of drug-likeness (QED) is 0.669. The molecule has 2 fully saturated rings. The van der Waals surface area contributed by atoms with Gasteiger partial charge in [-0.2, -0.15) is 4.31 Å². The Morgan fingerprint density at radius 2 is 1.65 bits per heavy atom. The van der Waals surface area contributed by atoms with Crippen molar-refractivity contribution in [1.29, 1.82) is 0 Å². The molecule has 2 aromatic carbocycles. The van der Waals surface area contributed by atoms with Gasteiger partial charge in [0.25, 0.3) is 0 Å². The first-order valence-corrected chi connectivity index (χ1v) is 13.6. The molecule has 34 heavy (non-hydrogen) atoms. The molecule has 1 atom stereocenters. The van der Waals surface area contributed by atoms with Crippen LogP contribution in [0.2, 0.25) is 5.02 Å². The zero-order valence-electron chi connectivity index (χ0n) is 19.0. The normalized spacial score (nSPS) is 21.4. The van der Waals surface area contributed by atoms with E-state index in [4.69, 9.17) is 11.6 Å². The van der Waals surface area contributed by atoms with Crippen LogP contribution in [0.15, 0.2) is 47.4 Å². The highest BCUT2D eigenvalue weighted by molar-refractivity contribution is 7.89. The number of hydrogen-bond acceptors (Lipinski definition) is 4.